The molecule has 6 nitrogen and oxygen atoms in total. The number of aryl methyl sites for hydroxylation is 1. The molecule has 1 aromatic heterocycles. The van der Waals surface area contributed by atoms with Crippen molar-refractivity contribution in [1.82, 2.24) is 0 Å². The summed E-state index contributed by atoms with van der Waals surface area (Å²) in [6, 6.07) is 0. The van der Waals surface area contributed by atoms with Gasteiger partial charge in [-0.2, -0.15) is 0 Å². The number of carboxylic acid groups (broad SMARTS) is 1. The van der Waals surface area contributed by atoms with Crippen molar-refractivity contribution in [2.45, 2.75) is 58.3 Å². The van der Waals surface area contributed by atoms with Crippen LogP contribution in [0.5, 0.6) is 0 Å². The number of carbonyl (C=O) groups is 3. The van der Waals surface area contributed by atoms with Crippen LogP contribution in [0, 0.1) is 11.8 Å². The first-order valence-corrected chi connectivity index (χ1v) is 10.8. The van der Waals surface area contributed by atoms with Crippen LogP contribution in [0.2, 0.25) is 0 Å². The maximum Gasteiger partial charge on any atom is 0.341 e. The largest absolute Gasteiger partial charge is 0.550 e. The zero-order valence-corrected chi connectivity index (χ0v) is 16.9. The lowest BCUT2D eigenvalue weighted by molar-refractivity contribution is -0.313. The minimum atomic E-state index is -1.21. The number of rotatable bonds is 5. The fourth-order valence-electron chi connectivity index (χ4n) is 4.00. The van der Waals surface area contributed by atoms with Gasteiger partial charge in [0, 0.05) is 16.8 Å². The van der Waals surface area contributed by atoms with E-state index in [1.807, 2.05) is 6.08 Å². The third-order valence-electron chi connectivity index (χ3n) is 5.46. The smallest absolute Gasteiger partial charge is 0.341 e. The Morgan fingerprint density at radius 2 is 1.79 bits per heavy atom. The topological polar surface area (TPSA) is 95.5 Å². The molecule has 0 spiro atoms. The SMILES string of the molecule is CCOC(=O)c1c(NC(=O)[C@@H]2CC=CC[C@@H]2C(=O)[O-])sc2c1CCCCCC2. The Balaban J connectivity index is 1.90. The number of carboxylic acids is 1. The first-order chi connectivity index (χ1) is 13.5. The molecule has 3 rings (SSSR count). The highest BCUT2D eigenvalue weighted by atomic mass is 32.1. The monoisotopic (exact) mass is 404 g/mol. The molecular formula is C21H26NO5S-. The summed E-state index contributed by atoms with van der Waals surface area (Å²) in [6.07, 6.45) is 10.3. The Kier molecular flexibility index (Phi) is 6.88. The van der Waals surface area contributed by atoms with Crippen LogP contribution < -0.4 is 10.4 Å². The van der Waals surface area contributed by atoms with Crippen molar-refractivity contribution >= 4 is 34.2 Å². The minimum absolute atomic E-state index is 0.261. The standard InChI is InChI=1S/C21H27NO5S/c1-2-27-21(26)17-15-11-5-3-4-6-12-16(15)28-19(17)22-18(23)13-9-7-8-10-14(13)20(24)25/h7-8,13-14H,2-6,9-12H2,1H3,(H,22,23)(H,24,25)/p-1/t13-,14+/m1/s1. The lowest BCUT2D eigenvalue weighted by Gasteiger charge is -2.28. The van der Waals surface area contributed by atoms with Gasteiger partial charge in [0.15, 0.2) is 0 Å². The molecule has 0 bridgehead atoms. The molecule has 0 radical (unpaired) electrons. The third-order valence-corrected chi connectivity index (χ3v) is 6.67. The van der Waals surface area contributed by atoms with E-state index in [1.165, 1.54) is 11.3 Å². The van der Waals surface area contributed by atoms with Gasteiger partial charge in [0.25, 0.3) is 0 Å². The molecule has 0 aromatic carbocycles. The van der Waals surface area contributed by atoms with E-state index >= 15 is 0 Å². The fraction of sp³-hybridized carbons (Fsp3) is 0.571. The van der Waals surface area contributed by atoms with E-state index in [0.717, 1.165) is 49.0 Å². The normalized spacial score (nSPS) is 21.9. The number of hydrogen-bond acceptors (Lipinski definition) is 6. The van der Waals surface area contributed by atoms with Crippen molar-refractivity contribution in [2.24, 2.45) is 11.8 Å². The molecule has 1 aromatic rings. The minimum Gasteiger partial charge on any atom is -0.550 e. The summed E-state index contributed by atoms with van der Waals surface area (Å²) in [5, 5.41) is 14.8. The number of amides is 1. The van der Waals surface area contributed by atoms with Crippen molar-refractivity contribution in [3.63, 3.8) is 0 Å². The molecule has 7 heteroatoms. The molecular weight excluding hydrogens is 378 g/mol. The molecule has 1 heterocycles. The number of aliphatic carboxylic acids is 1. The van der Waals surface area contributed by atoms with Gasteiger partial charge in [0.2, 0.25) is 5.91 Å². The van der Waals surface area contributed by atoms with Crippen LogP contribution in [-0.2, 0) is 27.2 Å². The molecule has 1 N–H and O–H groups in total. The highest BCUT2D eigenvalue weighted by Crippen LogP contribution is 2.38. The van der Waals surface area contributed by atoms with Crippen LogP contribution in [0.1, 0.15) is 66.2 Å². The van der Waals surface area contributed by atoms with E-state index in [2.05, 4.69) is 5.32 Å². The summed E-state index contributed by atoms with van der Waals surface area (Å²) in [4.78, 5) is 38.1. The van der Waals surface area contributed by atoms with Gasteiger partial charge >= 0.3 is 5.97 Å². The van der Waals surface area contributed by atoms with Crippen LogP contribution in [0.3, 0.4) is 0 Å². The molecule has 2 atom stereocenters. The Labute approximate surface area is 169 Å². The maximum atomic E-state index is 12.9. The van der Waals surface area contributed by atoms with E-state index in [-0.39, 0.29) is 18.9 Å². The molecule has 2 aliphatic carbocycles. The zero-order valence-electron chi connectivity index (χ0n) is 16.1. The number of ether oxygens (including phenoxy) is 1. The summed E-state index contributed by atoms with van der Waals surface area (Å²) in [5.74, 6) is -3.56. The van der Waals surface area contributed by atoms with Crippen molar-refractivity contribution in [2.75, 3.05) is 11.9 Å². The summed E-state index contributed by atoms with van der Waals surface area (Å²) >= 11 is 1.43. The van der Waals surface area contributed by atoms with Crippen LogP contribution in [0.25, 0.3) is 0 Å². The first-order valence-electron chi connectivity index (χ1n) is 10.0. The van der Waals surface area contributed by atoms with Gasteiger partial charge in [-0.05, 0) is 51.0 Å². The first kappa shape index (κ1) is 20.6. The van der Waals surface area contributed by atoms with Gasteiger partial charge in [-0.1, -0.05) is 25.0 Å². The predicted molar refractivity (Wildman–Crippen MR) is 105 cm³/mol. The van der Waals surface area contributed by atoms with Crippen molar-refractivity contribution < 1.29 is 24.2 Å². The molecule has 28 heavy (non-hydrogen) atoms. The second-order valence-corrected chi connectivity index (χ2v) is 8.41. The van der Waals surface area contributed by atoms with E-state index < -0.39 is 23.8 Å². The summed E-state index contributed by atoms with van der Waals surface area (Å²) < 4.78 is 5.25. The number of fused-ring (bicyclic) bond motifs is 1. The number of nitrogens with one attached hydrogen (secondary N) is 1. The van der Waals surface area contributed by atoms with E-state index in [9.17, 15) is 19.5 Å². The summed E-state index contributed by atoms with van der Waals surface area (Å²) in [7, 11) is 0. The Hall–Kier alpha value is -2.15. The van der Waals surface area contributed by atoms with Gasteiger partial charge in [0.1, 0.15) is 5.00 Å². The maximum absolute atomic E-state index is 12.9. The summed E-state index contributed by atoms with van der Waals surface area (Å²) in [6.45, 7) is 2.02. The predicted octanol–water partition coefficient (Wildman–Crippen LogP) is 2.85. The zero-order chi connectivity index (χ0) is 20.1. The lowest BCUT2D eigenvalue weighted by Crippen LogP contribution is -2.41. The molecule has 0 saturated heterocycles. The Morgan fingerprint density at radius 3 is 2.46 bits per heavy atom. The Bertz CT molecular complexity index is 782. The Morgan fingerprint density at radius 1 is 1.11 bits per heavy atom. The van der Waals surface area contributed by atoms with E-state index in [0.29, 0.717) is 17.0 Å². The van der Waals surface area contributed by atoms with Crippen LogP contribution >= 0.6 is 11.3 Å². The van der Waals surface area contributed by atoms with Gasteiger partial charge in [0.05, 0.1) is 18.1 Å². The molecule has 2 aliphatic rings. The highest BCUT2D eigenvalue weighted by molar-refractivity contribution is 7.17. The molecule has 0 fully saturated rings. The van der Waals surface area contributed by atoms with Gasteiger partial charge in [-0.3, -0.25) is 4.79 Å². The van der Waals surface area contributed by atoms with Crippen molar-refractivity contribution in [1.29, 1.82) is 0 Å². The number of thiophene rings is 1. The van der Waals surface area contributed by atoms with Gasteiger partial charge < -0.3 is 20.0 Å². The van der Waals surface area contributed by atoms with Gasteiger partial charge in [-0.25, -0.2) is 4.79 Å². The fourth-order valence-corrected chi connectivity index (χ4v) is 5.28. The number of hydrogen-bond donors (Lipinski definition) is 1. The van der Waals surface area contributed by atoms with Crippen LogP contribution in [-0.4, -0.2) is 24.5 Å². The molecule has 0 saturated carbocycles. The van der Waals surface area contributed by atoms with Crippen LogP contribution in [0.4, 0.5) is 5.00 Å². The molecule has 1 amide bonds. The van der Waals surface area contributed by atoms with Crippen LogP contribution in [0.15, 0.2) is 12.2 Å². The van der Waals surface area contributed by atoms with E-state index in [4.69, 9.17) is 4.74 Å². The average Bonchev–Trinajstić information content (AvgIpc) is 2.98. The second kappa shape index (κ2) is 9.37. The molecule has 0 unspecified atom stereocenters. The summed E-state index contributed by atoms with van der Waals surface area (Å²) in [5.41, 5.74) is 1.44. The third kappa shape index (κ3) is 4.46. The number of allylic oxidation sites excluding steroid dienone is 2. The van der Waals surface area contributed by atoms with Crippen molar-refractivity contribution in [3.8, 4) is 0 Å². The van der Waals surface area contributed by atoms with Gasteiger partial charge in [-0.15, -0.1) is 11.3 Å². The van der Waals surface area contributed by atoms with Crippen molar-refractivity contribution in [3.05, 3.63) is 28.2 Å². The molecule has 152 valence electrons. The quantitative estimate of drug-likeness (QED) is 0.601. The highest BCUT2D eigenvalue weighted by Gasteiger charge is 2.32. The second-order valence-electron chi connectivity index (χ2n) is 7.31. The number of carbonyl (C=O) groups excluding carboxylic acids is 3. The average molecular weight is 405 g/mol. The van der Waals surface area contributed by atoms with E-state index in [1.54, 1.807) is 13.0 Å². The molecule has 0 aliphatic heterocycles. The number of anilines is 1. The number of esters is 1. The lowest BCUT2D eigenvalue weighted by atomic mass is 9.82.